The molecule has 0 heterocycles. The maximum Gasteiger partial charge on any atom is 0.0400 e. The van der Waals surface area contributed by atoms with E-state index in [9.17, 15) is 0 Å². The molecular formula is C23H35CuN3. The van der Waals surface area contributed by atoms with Crippen molar-refractivity contribution in [3.63, 3.8) is 0 Å². The Morgan fingerprint density at radius 1 is 0.630 bits per heavy atom. The fraction of sp³-hybridized carbons (Fsp3) is 0.478. The van der Waals surface area contributed by atoms with E-state index >= 15 is 0 Å². The van der Waals surface area contributed by atoms with Gasteiger partial charge in [-0.05, 0) is 70.8 Å². The minimum atomic E-state index is 0. The van der Waals surface area contributed by atoms with Crippen molar-refractivity contribution in [3.05, 3.63) is 57.6 Å². The number of hydrogen-bond acceptors (Lipinski definition) is 3. The molecule has 0 fully saturated rings. The number of nitrogens with zero attached hydrogens (tertiary/aromatic N) is 1. The van der Waals surface area contributed by atoms with Gasteiger partial charge in [0.05, 0.1) is 0 Å². The minimum absolute atomic E-state index is 0. The van der Waals surface area contributed by atoms with Crippen LogP contribution >= 0.6 is 0 Å². The van der Waals surface area contributed by atoms with Crippen molar-refractivity contribution in [3.8, 4) is 0 Å². The zero-order chi connectivity index (χ0) is 19.3. The summed E-state index contributed by atoms with van der Waals surface area (Å²) in [5.74, 6) is 0. The molecule has 0 saturated heterocycles. The van der Waals surface area contributed by atoms with Crippen LogP contribution in [0.5, 0.6) is 0 Å². The predicted octanol–water partition coefficient (Wildman–Crippen LogP) is 4.99. The molecule has 2 rings (SSSR count). The van der Waals surface area contributed by atoms with E-state index in [1.54, 1.807) is 0 Å². The van der Waals surface area contributed by atoms with Gasteiger partial charge in [-0.1, -0.05) is 35.4 Å². The monoisotopic (exact) mass is 416 g/mol. The summed E-state index contributed by atoms with van der Waals surface area (Å²) in [7, 11) is 2.19. The van der Waals surface area contributed by atoms with Crippen molar-refractivity contribution >= 4 is 11.4 Å². The van der Waals surface area contributed by atoms with Crippen molar-refractivity contribution in [1.29, 1.82) is 0 Å². The fourth-order valence-electron chi connectivity index (χ4n) is 3.77. The second-order valence-corrected chi connectivity index (χ2v) is 7.70. The SMILES string of the molecule is Cc1cc(C)c(NCCN(C)CCNc2c(C)cc(C)cc2C)c(C)c1.[Cu]. The van der Waals surface area contributed by atoms with E-state index in [0.717, 1.165) is 26.2 Å². The molecule has 0 amide bonds. The van der Waals surface area contributed by atoms with Gasteiger partial charge in [-0.25, -0.2) is 0 Å². The van der Waals surface area contributed by atoms with Crippen LogP contribution in [0.15, 0.2) is 24.3 Å². The number of aryl methyl sites for hydroxylation is 6. The molecule has 27 heavy (non-hydrogen) atoms. The Balaban J connectivity index is 0.00000364. The van der Waals surface area contributed by atoms with Gasteiger partial charge in [0.2, 0.25) is 0 Å². The van der Waals surface area contributed by atoms with Gasteiger partial charge in [-0.15, -0.1) is 0 Å². The normalized spacial score (nSPS) is 10.7. The quantitative estimate of drug-likeness (QED) is 0.593. The second-order valence-electron chi connectivity index (χ2n) is 7.70. The van der Waals surface area contributed by atoms with E-state index in [4.69, 9.17) is 0 Å². The van der Waals surface area contributed by atoms with Crippen LogP contribution in [-0.4, -0.2) is 38.1 Å². The molecule has 0 unspecified atom stereocenters. The molecule has 0 aliphatic rings. The smallest absolute Gasteiger partial charge is 0.0400 e. The Hall–Kier alpha value is -1.48. The first-order valence-electron chi connectivity index (χ1n) is 9.60. The number of nitrogens with one attached hydrogen (secondary N) is 2. The van der Waals surface area contributed by atoms with Crippen molar-refractivity contribution in [1.82, 2.24) is 4.90 Å². The molecule has 0 saturated carbocycles. The maximum absolute atomic E-state index is 3.61. The van der Waals surface area contributed by atoms with Crippen LogP contribution in [0.25, 0.3) is 0 Å². The Morgan fingerprint density at radius 3 is 1.22 bits per heavy atom. The number of likely N-dealkylation sites (N-methyl/N-ethyl adjacent to an activating group) is 1. The van der Waals surface area contributed by atoms with Crippen molar-refractivity contribution < 1.29 is 17.1 Å². The molecule has 0 atom stereocenters. The fourth-order valence-corrected chi connectivity index (χ4v) is 3.77. The summed E-state index contributed by atoms with van der Waals surface area (Å²) in [6.45, 7) is 17.0. The summed E-state index contributed by atoms with van der Waals surface area (Å²) in [5.41, 5.74) is 10.6. The second kappa shape index (κ2) is 10.8. The third kappa shape index (κ3) is 6.88. The summed E-state index contributed by atoms with van der Waals surface area (Å²) >= 11 is 0. The van der Waals surface area contributed by atoms with Crippen molar-refractivity contribution in [2.24, 2.45) is 0 Å². The van der Waals surface area contributed by atoms with E-state index in [1.165, 1.54) is 44.8 Å². The minimum Gasteiger partial charge on any atom is -0.383 e. The van der Waals surface area contributed by atoms with E-state index in [2.05, 4.69) is 88.4 Å². The average Bonchev–Trinajstić information content (AvgIpc) is 2.52. The van der Waals surface area contributed by atoms with Crippen molar-refractivity contribution in [2.45, 2.75) is 41.5 Å². The van der Waals surface area contributed by atoms with E-state index in [0.29, 0.717) is 0 Å². The number of anilines is 2. The van der Waals surface area contributed by atoms with Crippen LogP contribution in [0.2, 0.25) is 0 Å². The standard InChI is InChI=1S/C23H35N3.Cu/c1-16-12-18(3)22(19(4)13-16)24-8-10-26(7)11-9-25-23-20(5)14-17(2)15-21(23)6;/h12-15,24-25H,8-11H2,1-7H3;. The molecule has 3 nitrogen and oxygen atoms in total. The third-order valence-electron chi connectivity index (χ3n) is 4.94. The van der Waals surface area contributed by atoms with Gasteiger partial charge in [0.1, 0.15) is 0 Å². The topological polar surface area (TPSA) is 27.3 Å². The molecule has 4 heteroatoms. The molecule has 2 N–H and O–H groups in total. The van der Waals surface area contributed by atoms with E-state index in [1.807, 2.05) is 0 Å². The molecule has 1 radical (unpaired) electrons. The average molecular weight is 417 g/mol. The van der Waals surface area contributed by atoms with Crippen molar-refractivity contribution in [2.75, 3.05) is 43.9 Å². The largest absolute Gasteiger partial charge is 0.383 e. The van der Waals surface area contributed by atoms with Gasteiger partial charge >= 0.3 is 0 Å². The van der Waals surface area contributed by atoms with Crippen LogP contribution in [0, 0.1) is 41.5 Å². The Labute approximate surface area is 176 Å². The molecule has 0 aliphatic heterocycles. The van der Waals surface area contributed by atoms with E-state index < -0.39 is 0 Å². The van der Waals surface area contributed by atoms with Gasteiger partial charge in [0.25, 0.3) is 0 Å². The Morgan fingerprint density at radius 2 is 0.926 bits per heavy atom. The predicted molar refractivity (Wildman–Crippen MR) is 116 cm³/mol. The number of rotatable bonds is 8. The third-order valence-corrected chi connectivity index (χ3v) is 4.94. The van der Waals surface area contributed by atoms with Crippen LogP contribution in [-0.2, 0) is 17.1 Å². The van der Waals surface area contributed by atoms with Crippen LogP contribution in [0.1, 0.15) is 33.4 Å². The zero-order valence-electron chi connectivity index (χ0n) is 17.9. The summed E-state index contributed by atoms with van der Waals surface area (Å²) in [4.78, 5) is 2.37. The summed E-state index contributed by atoms with van der Waals surface area (Å²) in [6.07, 6.45) is 0. The molecule has 0 bridgehead atoms. The van der Waals surface area contributed by atoms with Gasteiger partial charge in [0, 0.05) is 54.6 Å². The van der Waals surface area contributed by atoms with Gasteiger partial charge in [-0.2, -0.15) is 0 Å². The van der Waals surface area contributed by atoms with Gasteiger partial charge in [0.15, 0.2) is 0 Å². The molecule has 2 aromatic carbocycles. The van der Waals surface area contributed by atoms with Gasteiger partial charge < -0.3 is 15.5 Å². The number of hydrogen-bond donors (Lipinski definition) is 2. The summed E-state index contributed by atoms with van der Waals surface area (Å²) < 4.78 is 0. The first-order valence-corrected chi connectivity index (χ1v) is 9.60. The molecule has 153 valence electrons. The molecule has 0 aromatic heterocycles. The number of benzene rings is 2. The van der Waals surface area contributed by atoms with Crippen LogP contribution in [0.3, 0.4) is 0 Å². The maximum atomic E-state index is 3.61. The summed E-state index contributed by atoms with van der Waals surface area (Å²) in [6, 6.07) is 8.98. The molecule has 0 spiro atoms. The van der Waals surface area contributed by atoms with Gasteiger partial charge in [-0.3, -0.25) is 0 Å². The first-order chi connectivity index (χ1) is 12.3. The molecular weight excluding hydrogens is 382 g/mol. The summed E-state index contributed by atoms with van der Waals surface area (Å²) in [5, 5.41) is 7.22. The zero-order valence-corrected chi connectivity index (χ0v) is 18.8. The van der Waals surface area contributed by atoms with E-state index in [-0.39, 0.29) is 17.1 Å². The van der Waals surface area contributed by atoms with Crippen LogP contribution in [0.4, 0.5) is 11.4 Å². The molecule has 2 aromatic rings. The molecule has 0 aliphatic carbocycles. The van der Waals surface area contributed by atoms with Crippen LogP contribution < -0.4 is 10.6 Å². The Bertz CT molecular complexity index is 646. The first kappa shape index (κ1) is 23.6. The Kier molecular flexibility index (Phi) is 9.38.